The number of benzene rings is 1. The Morgan fingerprint density at radius 2 is 1.84 bits per heavy atom. The molecule has 0 spiro atoms. The smallest absolute Gasteiger partial charge is 0.240 e. The molecule has 0 aliphatic rings. The van der Waals surface area contributed by atoms with Crippen LogP contribution in [-0.4, -0.2) is 28.1 Å². The Bertz CT molecular complexity index is 474. The molecular weight excluding hydrogens is 352 g/mol. The molecule has 0 unspecified atom stereocenters. The molecule has 110 valence electrons. The number of halogens is 2. The van der Waals surface area contributed by atoms with Crippen LogP contribution in [0.4, 0.5) is 0 Å². The molecule has 19 heavy (non-hydrogen) atoms. The van der Waals surface area contributed by atoms with Crippen molar-refractivity contribution in [3.63, 3.8) is 0 Å². The van der Waals surface area contributed by atoms with Gasteiger partial charge in [-0.05, 0) is 43.7 Å². The third-order valence-electron chi connectivity index (χ3n) is 2.35. The SMILES string of the molecule is CCCNCCNS(=O)(=O)c1cc(C)cc(Br)c1.Cl. The fourth-order valence-corrected chi connectivity index (χ4v) is 3.44. The Morgan fingerprint density at radius 1 is 1.16 bits per heavy atom. The van der Waals surface area contributed by atoms with Crippen molar-refractivity contribution < 1.29 is 8.42 Å². The van der Waals surface area contributed by atoms with Gasteiger partial charge in [0.25, 0.3) is 0 Å². The lowest BCUT2D eigenvalue weighted by molar-refractivity contribution is 0.575. The monoisotopic (exact) mass is 370 g/mol. The Morgan fingerprint density at radius 3 is 2.42 bits per heavy atom. The molecule has 0 saturated carbocycles. The first-order valence-corrected chi connectivity index (χ1v) is 8.21. The van der Waals surface area contributed by atoms with Crippen molar-refractivity contribution >= 4 is 38.4 Å². The van der Waals surface area contributed by atoms with Crippen molar-refractivity contribution in [3.05, 3.63) is 28.2 Å². The molecule has 0 fully saturated rings. The fraction of sp³-hybridized carbons (Fsp3) is 0.500. The van der Waals surface area contributed by atoms with E-state index in [-0.39, 0.29) is 12.4 Å². The van der Waals surface area contributed by atoms with Crippen LogP contribution < -0.4 is 10.0 Å². The quantitative estimate of drug-likeness (QED) is 0.724. The summed E-state index contributed by atoms with van der Waals surface area (Å²) in [6.07, 6.45) is 1.04. The Hall–Kier alpha value is -0.140. The maximum absolute atomic E-state index is 12.0. The second-order valence-corrected chi connectivity index (χ2v) is 6.79. The molecule has 1 aromatic rings. The van der Waals surface area contributed by atoms with E-state index >= 15 is 0 Å². The summed E-state index contributed by atoms with van der Waals surface area (Å²) in [5.41, 5.74) is 0.911. The number of nitrogens with one attached hydrogen (secondary N) is 2. The van der Waals surface area contributed by atoms with Crippen LogP contribution in [0.3, 0.4) is 0 Å². The second-order valence-electron chi connectivity index (χ2n) is 4.11. The zero-order valence-corrected chi connectivity index (χ0v) is 14.3. The van der Waals surface area contributed by atoms with Crippen molar-refractivity contribution in [2.24, 2.45) is 0 Å². The van der Waals surface area contributed by atoms with Gasteiger partial charge in [-0.3, -0.25) is 0 Å². The summed E-state index contributed by atoms with van der Waals surface area (Å²) >= 11 is 3.30. The van der Waals surface area contributed by atoms with Crippen LogP contribution in [0.5, 0.6) is 0 Å². The van der Waals surface area contributed by atoms with Crippen LogP contribution in [0.2, 0.25) is 0 Å². The molecule has 1 rings (SSSR count). The van der Waals surface area contributed by atoms with E-state index in [0.717, 1.165) is 23.0 Å². The standard InChI is InChI=1S/C12H19BrN2O2S.ClH/c1-3-4-14-5-6-15-18(16,17)12-8-10(2)7-11(13)9-12;/h7-9,14-15H,3-6H2,1-2H3;1H. The average molecular weight is 372 g/mol. The number of rotatable bonds is 7. The average Bonchev–Trinajstić information content (AvgIpc) is 2.27. The summed E-state index contributed by atoms with van der Waals surface area (Å²) in [6, 6.07) is 5.14. The van der Waals surface area contributed by atoms with Gasteiger partial charge < -0.3 is 5.32 Å². The van der Waals surface area contributed by atoms with Crippen LogP contribution in [0.25, 0.3) is 0 Å². The minimum absolute atomic E-state index is 0. The van der Waals surface area contributed by atoms with E-state index in [1.165, 1.54) is 0 Å². The van der Waals surface area contributed by atoms with Gasteiger partial charge >= 0.3 is 0 Å². The predicted octanol–water partition coefficient (Wildman–Crippen LogP) is 2.46. The molecule has 0 saturated heterocycles. The van der Waals surface area contributed by atoms with Gasteiger partial charge in [0.1, 0.15) is 0 Å². The molecule has 0 aromatic heterocycles. The van der Waals surface area contributed by atoms with Gasteiger partial charge in [0.15, 0.2) is 0 Å². The summed E-state index contributed by atoms with van der Waals surface area (Å²) in [7, 11) is -3.41. The number of hydrogen-bond acceptors (Lipinski definition) is 3. The van der Waals surface area contributed by atoms with Crippen molar-refractivity contribution in [2.45, 2.75) is 25.2 Å². The van der Waals surface area contributed by atoms with E-state index in [4.69, 9.17) is 0 Å². The van der Waals surface area contributed by atoms with Gasteiger partial charge in [-0.1, -0.05) is 22.9 Å². The third-order valence-corrected chi connectivity index (χ3v) is 4.24. The van der Waals surface area contributed by atoms with E-state index < -0.39 is 10.0 Å². The molecular formula is C12H20BrClN2O2S. The van der Waals surface area contributed by atoms with Crippen LogP contribution >= 0.6 is 28.3 Å². The van der Waals surface area contributed by atoms with E-state index in [2.05, 4.69) is 32.9 Å². The lowest BCUT2D eigenvalue weighted by Crippen LogP contribution is -2.32. The molecule has 0 aliphatic heterocycles. The summed E-state index contributed by atoms with van der Waals surface area (Å²) in [5.74, 6) is 0. The summed E-state index contributed by atoms with van der Waals surface area (Å²) in [5, 5.41) is 3.15. The normalized spacial score (nSPS) is 11.1. The lowest BCUT2D eigenvalue weighted by Gasteiger charge is -2.08. The molecule has 7 heteroatoms. The fourth-order valence-electron chi connectivity index (χ4n) is 1.52. The minimum Gasteiger partial charge on any atom is -0.315 e. The van der Waals surface area contributed by atoms with Crippen LogP contribution in [0, 0.1) is 6.92 Å². The van der Waals surface area contributed by atoms with Gasteiger partial charge in [0, 0.05) is 17.6 Å². The van der Waals surface area contributed by atoms with Gasteiger partial charge in [-0.25, -0.2) is 13.1 Å². The molecule has 2 N–H and O–H groups in total. The summed E-state index contributed by atoms with van der Waals surface area (Å²) in [4.78, 5) is 0.296. The molecule has 0 heterocycles. The van der Waals surface area contributed by atoms with E-state index in [9.17, 15) is 8.42 Å². The zero-order chi connectivity index (χ0) is 13.6. The van der Waals surface area contributed by atoms with Crippen molar-refractivity contribution in [2.75, 3.05) is 19.6 Å². The van der Waals surface area contributed by atoms with Crippen LogP contribution in [0.1, 0.15) is 18.9 Å². The van der Waals surface area contributed by atoms with E-state index in [1.54, 1.807) is 12.1 Å². The highest BCUT2D eigenvalue weighted by molar-refractivity contribution is 9.10. The lowest BCUT2D eigenvalue weighted by atomic mass is 10.2. The summed E-state index contributed by atoms with van der Waals surface area (Å²) in [6.45, 7) is 5.87. The molecule has 1 aromatic carbocycles. The Balaban J connectivity index is 0.00000324. The molecule has 0 amide bonds. The van der Waals surface area contributed by atoms with E-state index in [1.807, 2.05) is 13.0 Å². The van der Waals surface area contributed by atoms with Crippen molar-refractivity contribution in [1.29, 1.82) is 0 Å². The van der Waals surface area contributed by atoms with Crippen molar-refractivity contribution in [3.8, 4) is 0 Å². The van der Waals surface area contributed by atoms with Gasteiger partial charge in [0.2, 0.25) is 10.0 Å². The van der Waals surface area contributed by atoms with Crippen molar-refractivity contribution in [1.82, 2.24) is 10.0 Å². The predicted molar refractivity (Wildman–Crippen MR) is 84.5 cm³/mol. The second kappa shape index (κ2) is 8.92. The topological polar surface area (TPSA) is 58.2 Å². The zero-order valence-electron chi connectivity index (χ0n) is 11.1. The minimum atomic E-state index is -3.41. The first kappa shape index (κ1) is 18.9. The largest absolute Gasteiger partial charge is 0.315 e. The van der Waals surface area contributed by atoms with Gasteiger partial charge in [0.05, 0.1) is 4.90 Å². The third kappa shape index (κ3) is 6.72. The Kier molecular flexibility index (Phi) is 8.85. The molecule has 0 radical (unpaired) electrons. The number of sulfonamides is 1. The first-order valence-electron chi connectivity index (χ1n) is 5.93. The number of aryl methyl sites for hydroxylation is 1. The van der Waals surface area contributed by atoms with Crippen LogP contribution in [-0.2, 0) is 10.0 Å². The van der Waals surface area contributed by atoms with E-state index in [0.29, 0.717) is 18.0 Å². The first-order chi connectivity index (χ1) is 8.45. The molecule has 0 aliphatic carbocycles. The molecule has 0 bridgehead atoms. The highest BCUT2D eigenvalue weighted by Crippen LogP contribution is 2.18. The number of hydrogen-bond donors (Lipinski definition) is 2. The van der Waals surface area contributed by atoms with Gasteiger partial charge in [-0.2, -0.15) is 0 Å². The van der Waals surface area contributed by atoms with Gasteiger partial charge in [-0.15, -0.1) is 12.4 Å². The summed E-state index contributed by atoms with van der Waals surface area (Å²) < 4.78 is 27.4. The maximum Gasteiger partial charge on any atom is 0.240 e. The highest BCUT2D eigenvalue weighted by Gasteiger charge is 2.13. The maximum atomic E-state index is 12.0. The van der Waals surface area contributed by atoms with Crippen LogP contribution in [0.15, 0.2) is 27.6 Å². The molecule has 4 nitrogen and oxygen atoms in total. The highest BCUT2D eigenvalue weighted by atomic mass is 79.9. The molecule has 0 atom stereocenters. The Labute approximate surface area is 130 Å².